The first-order valence-electron chi connectivity index (χ1n) is 5.18. The lowest BCUT2D eigenvalue weighted by Crippen LogP contribution is -2.49. The van der Waals surface area contributed by atoms with Gasteiger partial charge in [-0.15, -0.1) is 0 Å². The molecule has 15 heavy (non-hydrogen) atoms. The van der Waals surface area contributed by atoms with Gasteiger partial charge in [0.2, 0.25) is 5.91 Å². The van der Waals surface area contributed by atoms with E-state index in [1.807, 2.05) is 13.8 Å². The first kappa shape index (κ1) is 14.3. The van der Waals surface area contributed by atoms with E-state index >= 15 is 0 Å². The van der Waals surface area contributed by atoms with Gasteiger partial charge in [-0.25, -0.2) is 0 Å². The zero-order valence-corrected chi connectivity index (χ0v) is 9.95. The molecule has 0 aliphatic rings. The van der Waals surface area contributed by atoms with Crippen molar-refractivity contribution in [2.75, 3.05) is 14.2 Å². The van der Waals surface area contributed by atoms with Crippen LogP contribution in [-0.4, -0.2) is 38.5 Å². The molecule has 0 radical (unpaired) electrons. The van der Waals surface area contributed by atoms with E-state index < -0.39 is 12.3 Å². The lowest BCUT2D eigenvalue weighted by atomic mass is 10.1. The maximum atomic E-state index is 11.5. The van der Waals surface area contributed by atoms with Crippen LogP contribution in [0.1, 0.15) is 26.7 Å². The Morgan fingerprint density at radius 3 is 2.33 bits per heavy atom. The predicted molar refractivity (Wildman–Crippen MR) is 58.3 cm³/mol. The second-order valence-electron chi connectivity index (χ2n) is 3.53. The Hall–Kier alpha value is -0.650. The topological polar surface area (TPSA) is 73.6 Å². The van der Waals surface area contributed by atoms with Gasteiger partial charge < -0.3 is 20.5 Å². The number of hydrogen-bond acceptors (Lipinski definition) is 4. The predicted octanol–water partition coefficient (Wildman–Crippen LogP) is 0.237. The van der Waals surface area contributed by atoms with E-state index in [2.05, 4.69) is 5.32 Å². The fraction of sp³-hybridized carbons (Fsp3) is 0.900. The molecule has 2 atom stereocenters. The normalized spacial score (nSPS) is 15.1. The minimum Gasteiger partial charge on any atom is -0.354 e. The van der Waals surface area contributed by atoms with Crippen LogP contribution in [0, 0.1) is 0 Å². The lowest BCUT2D eigenvalue weighted by Gasteiger charge is -2.23. The first-order valence-corrected chi connectivity index (χ1v) is 5.18. The molecule has 0 aliphatic heterocycles. The van der Waals surface area contributed by atoms with Gasteiger partial charge >= 0.3 is 0 Å². The summed E-state index contributed by atoms with van der Waals surface area (Å²) in [5.74, 6) is -0.163. The van der Waals surface area contributed by atoms with E-state index in [1.54, 1.807) is 0 Å². The van der Waals surface area contributed by atoms with Gasteiger partial charge in [-0.3, -0.25) is 4.79 Å². The molecule has 0 saturated carbocycles. The summed E-state index contributed by atoms with van der Waals surface area (Å²) in [6.07, 6.45) is 1.13. The summed E-state index contributed by atoms with van der Waals surface area (Å²) in [7, 11) is 3.06. The molecule has 90 valence electrons. The molecule has 5 nitrogen and oxygen atoms in total. The van der Waals surface area contributed by atoms with Crippen LogP contribution in [0.5, 0.6) is 0 Å². The van der Waals surface area contributed by atoms with Crippen molar-refractivity contribution in [2.24, 2.45) is 5.73 Å². The molecule has 0 bridgehead atoms. The molecule has 0 fully saturated rings. The third-order valence-corrected chi connectivity index (χ3v) is 2.18. The maximum absolute atomic E-state index is 11.5. The number of carbonyl (C=O) groups excluding carboxylic acids is 1. The zero-order valence-electron chi connectivity index (χ0n) is 9.95. The van der Waals surface area contributed by atoms with E-state index in [0.717, 1.165) is 6.42 Å². The molecule has 0 aromatic rings. The summed E-state index contributed by atoms with van der Waals surface area (Å²) in [6, 6.07) is -0.665. The van der Waals surface area contributed by atoms with E-state index in [0.29, 0.717) is 6.42 Å². The molecule has 0 aliphatic carbocycles. The molecule has 0 rings (SSSR count). The fourth-order valence-electron chi connectivity index (χ4n) is 1.35. The van der Waals surface area contributed by atoms with Crippen molar-refractivity contribution in [3.8, 4) is 0 Å². The minimum absolute atomic E-state index is 0.163. The van der Waals surface area contributed by atoms with Gasteiger partial charge in [0.25, 0.3) is 0 Å². The Morgan fingerprint density at radius 2 is 1.93 bits per heavy atom. The van der Waals surface area contributed by atoms with Crippen molar-refractivity contribution < 1.29 is 14.3 Å². The standard InChI is InChI=1S/C10H22N2O3/c1-5-6-8(11)9(13)12-7(2)10(14-3)15-4/h7-8,10H,5-6,11H2,1-4H3,(H,12,13). The number of nitrogens with one attached hydrogen (secondary N) is 1. The molecule has 1 amide bonds. The van der Waals surface area contributed by atoms with E-state index in [9.17, 15) is 4.79 Å². The lowest BCUT2D eigenvalue weighted by molar-refractivity contribution is -0.136. The van der Waals surface area contributed by atoms with Gasteiger partial charge in [0.15, 0.2) is 6.29 Å². The second kappa shape index (κ2) is 7.62. The molecule has 0 heterocycles. The van der Waals surface area contributed by atoms with E-state index in [1.165, 1.54) is 14.2 Å². The number of ether oxygens (including phenoxy) is 2. The highest BCUT2D eigenvalue weighted by Gasteiger charge is 2.20. The molecule has 0 aromatic heterocycles. The Morgan fingerprint density at radius 1 is 1.40 bits per heavy atom. The van der Waals surface area contributed by atoms with Gasteiger partial charge in [0.1, 0.15) is 0 Å². The van der Waals surface area contributed by atoms with Crippen molar-refractivity contribution in [3.05, 3.63) is 0 Å². The van der Waals surface area contributed by atoms with Crippen LogP contribution in [0.3, 0.4) is 0 Å². The minimum atomic E-state index is -0.452. The van der Waals surface area contributed by atoms with Crippen LogP contribution in [0.15, 0.2) is 0 Å². The van der Waals surface area contributed by atoms with Crippen LogP contribution in [-0.2, 0) is 14.3 Å². The quantitative estimate of drug-likeness (QED) is 0.600. The van der Waals surface area contributed by atoms with Crippen molar-refractivity contribution in [1.29, 1.82) is 0 Å². The highest BCUT2D eigenvalue weighted by atomic mass is 16.7. The number of methoxy groups -OCH3 is 2. The number of amides is 1. The van der Waals surface area contributed by atoms with Crippen molar-refractivity contribution in [2.45, 2.75) is 45.1 Å². The average Bonchev–Trinajstić information content (AvgIpc) is 2.19. The van der Waals surface area contributed by atoms with Gasteiger partial charge in [-0.05, 0) is 13.3 Å². The summed E-state index contributed by atoms with van der Waals surface area (Å²) in [5.41, 5.74) is 5.67. The van der Waals surface area contributed by atoms with Crippen molar-refractivity contribution in [3.63, 3.8) is 0 Å². The molecule has 0 aromatic carbocycles. The van der Waals surface area contributed by atoms with Gasteiger partial charge in [-0.1, -0.05) is 13.3 Å². The Labute approximate surface area is 91.3 Å². The Balaban J connectivity index is 4.04. The van der Waals surface area contributed by atoms with Crippen LogP contribution in [0.4, 0.5) is 0 Å². The summed E-state index contributed by atoms with van der Waals surface area (Å²) in [6.45, 7) is 3.80. The number of rotatable bonds is 7. The average molecular weight is 218 g/mol. The van der Waals surface area contributed by atoms with E-state index in [4.69, 9.17) is 15.2 Å². The number of hydrogen-bond donors (Lipinski definition) is 2. The first-order chi connectivity index (χ1) is 7.06. The van der Waals surface area contributed by atoms with Crippen LogP contribution < -0.4 is 11.1 Å². The van der Waals surface area contributed by atoms with Crippen molar-refractivity contribution >= 4 is 5.91 Å². The highest BCUT2D eigenvalue weighted by molar-refractivity contribution is 5.81. The summed E-state index contributed by atoms with van der Waals surface area (Å²) >= 11 is 0. The Bertz CT molecular complexity index is 184. The Kier molecular flexibility index (Phi) is 7.29. The summed E-state index contributed by atoms with van der Waals surface area (Å²) in [4.78, 5) is 11.5. The number of carbonyl (C=O) groups is 1. The van der Waals surface area contributed by atoms with Crippen molar-refractivity contribution in [1.82, 2.24) is 5.32 Å². The SMILES string of the molecule is CCCC(N)C(=O)NC(C)C(OC)OC. The van der Waals surface area contributed by atoms with Gasteiger partial charge in [-0.2, -0.15) is 0 Å². The molecule has 0 saturated heterocycles. The third-order valence-electron chi connectivity index (χ3n) is 2.18. The zero-order chi connectivity index (χ0) is 11.8. The number of nitrogens with two attached hydrogens (primary N) is 1. The van der Waals surface area contributed by atoms with Crippen LogP contribution in [0.2, 0.25) is 0 Å². The smallest absolute Gasteiger partial charge is 0.237 e. The maximum Gasteiger partial charge on any atom is 0.237 e. The highest BCUT2D eigenvalue weighted by Crippen LogP contribution is 2.00. The molecular weight excluding hydrogens is 196 g/mol. The third kappa shape index (κ3) is 5.11. The molecular formula is C10H22N2O3. The summed E-state index contributed by atoms with van der Waals surface area (Å²) in [5, 5.41) is 2.75. The van der Waals surface area contributed by atoms with Crippen LogP contribution >= 0.6 is 0 Å². The van der Waals surface area contributed by atoms with Crippen LogP contribution in [0.25, 0.3) is 0 Å². The van der Waals surface area contributed by atoms with Gasteiger partial charge in [0, 0.05) is 14.2 Å². The fourth-order valence-corrected chi connectivity index (χ4v) is 1.35. The molecule has 5 heteroatoms. The molecule has 0 spiro atoms. The summed E-state index contributed by atoms with van der Waals surface area (Å²) < 4.78 is 10.0. The second-order valence-corrected chi connectivity index (χ2v) is 3.53. The van der Waals surface area contributed by atoms with E-state index in [-0.39, 0.29) is 11.9 Å². The monoisotopic (exact) mass is 218 g/mol. The molecule has 2 unspecified atom stereocenters. The van der Waals surface area contributed by atoms with Gasteiger partial charge in [0.05, 0.1) is 12.1 Å². The molecule has 3 N–H and O–H groups in total. The largest absolute Gasteiger partial charge is 0.354 e.